The summed E-state index contributed by atoms with van der Waals surface area (Å²) >= 11 is 0. The third kappa shape index (κ3) is 7.34. The molecular weight excluding hydrogens is 484 g/mol. The van der Waals surface area contributed by atoms with Crippen LogP contribution in [0.1, 0.15) is 82.1 Å². The van der Waals surface area contributed by atoms with E-state index in [1.807, 2.05) is 58.9 Å². The second-order valence-corrected chi connectivity index (χ2v) is 10.3. The van der Waals surface area contributed by atoms with Crippen LogP contribution < -0.4 is 10.2 Å². The van der Waals surface area contributed by atoms with Crippen molar-refractivity contribution in [1.82, 2.24) is 0 Å². The molecule has 0 amide bonds. The Kier molecular flexibility index (Phi) is 11.8. The van der Waals surface area contributed by atoms with Gasteiger partial charge in [0.1, 0.15) is 29.7 Å². The molecule has 0 N–H and O–H groups in total. The topological polar surface area (TPSA) is 92.0 Å². The first-order chi connectivity index (χ1) is 18.0. The van der Waals surface area contributed by atoms with Gasteiger partial charge >= 0.3 is 5.97 Å². The Morgan fingerprint density at radius 3 is 2.16 bits per heavy atom. The highest BCUT2D eigenvalue weighted by Gasteiger charge is 2.39. The maximum atomic E-state index is 13.0. The van der Waals surface area contributed by atoms with Gasteiger partial charge in [-0.3, -0.25) is 9.59 Å². The van der Waals surface area contributed by atoms with Crippen LogP contribution in [0.25, 0.3) is 0 Å². The van der Waals surface area contributed by atoms with Crippen LogP contribution in [0, 0.1) is 31.6 Å². The van der Waals surface area contributed by atoms with Gasteiger partial charge in [-0.15, -0.1) is 0 Å². The molecule has 0 saturated carbocycles. The Morgan fingerprint density at radius 1 is 1.00 bits per heavy atom. The number of carbonyl (C=O) groups is 2. The van der Waals surface area contributed by atoms with E-state index in [0.29, 0.717) is 35.5 Å². The average Bonchev–Trinajstić information content (AvgIpc) is 2.93. The predicted octanol–water partition coefficient (Wildman–Crippen LogP) is 5.95. The van der Waals surface area contributed by atoms with Gasteiger partial charge in [0.05, 0.1) is 25.7 Å². The van der Waals surface area contributed by atoms with Crippen molar-refractivity contribution in [2.45, 2.75) is 93.0 Å². The molecule has 0 aliphatic heterocycles. The van der Waals surface area contributed by atoms with Crippen molar-refractivity contribution in [3.05, 3.63) is 62.7 Å². The molecule has 0 saturated heterocycles. The molecule has 0 aliphatic rings. The third-order valence-electron chi connectivity index (χ3n) is 7.57. The molecule has 2 aromatic rings. The van der Waals surface area contributed by atoms with Crippen molar-refractivity contribution in [1.29, 1.82) is 0 Å². The lowest BCUT2D eigenvalue weighted by molar-refractivity contribution is -0.164. The molecule has 7 heteroatoms. The molecule has 0 radical (unpaired) electrons. The quantitative estimate of drug-likeness (QED) is 0.221. The second-order valence-electron chi connectivity index (χ2n) is 10.3. The molecule has 7 nitrogen and oxygen atoms in total. The highest BCUT2D eigenvalue weighted by Crippen LogP contribution is 2.34. The number of esters is 1. The number of carbonyl (C=O) groups excluding carboxylic acids is 2. The Balaban J connectivity index is 2.52. The molecule has 1 aromatic heterocycles. The van der Waals surface area contributed by atoms with Crippen molar-refractivity contribution in [3.8, 4) is 5.75 Å². The fourth-order valence-electron chi connectivity index (χ4n) is 4.77. The number of hydrogen-bond acceptors (Lipinski definition) is 7. The van der Waals surface area contributed by atoms with Crippen LogP contribution in [0.4, 0.5) is 0 Å². The number of rotatable bonds is 14. The van der Waals surface area contributed by atoms with Crippen molar-refractivity contribution < 1.29 is 28.2 Å². The monoisotopic (exact) mass is 528 g/mol. The molecule has 38 heavy (non-hydrogen) atoms. The third-order valence-corrected chi connectivity index (χ3v) is 7.57. The van der Waals surface area contributed by atoms with Crippen molar-refractivity contribution >= 4 is 12.3 Å². The lowest BCUT2D eigenvalue weighted by atomic mass is 9.82. The summed E-state index contributed by atoms with van der Waals surface area (Å²) in [6.45, 7) is 15.1. The lowest BCUT2D eigenvalue weighted by Crippen LogP contribution is -2.42. The van der Waals surface area contributed by atoms with Gasteiger partial charge in [0.2, 0.25) is 0 Å². The van der Waals surface area contributed by atoms with Crippen molar-refractivity contribution in [3.63, 3.8) is 0 Å². The standard InChI is InChI=1S/C31H44O7/c1-10-18(3)31(34)38-28(19(4)16-32)22(7)29(36-17-24-12-14-25(35-9)15-13-24)23(8)30-21(6)27(33)20(5)26(11-2)37-30/h12-16,18-19,22-23,28-29H,10-11,17H2,1-9H3/t18-,19-,22+,23-,28-,29-/m0/s1. The molecular formula is C31H44O7. The lowest BCUT2D eigenvalue weighted by Gasteiger charge is -2.36. The molecule has 0 spiro atoms. The summed E-state index contributed by atoms with van der Waals surface area (Å²) in [4.78, 5) is 37.7. The molecule has 6 atom stereocenters. The number of benzene rings is 1. The fourth-order valence-corrected chi connectivity index (χ4v) is 4.77. The van der Waals surface area contributed by atoms with Gasteiger partial charge in [-0.1, -0.05) is 53.7 Å². The summed E-state index contributed by atoms with van der Waals surface area (Å²) in [5, 5.41) is 0. The molecule has 210 valence electrons. The van der Waals surface area contributed by atoms with Gasteiger partial charge in [-0.2, -0.15) is 0 Å². The van der Waals surface area contributed by atoms with Gasteiger partial charge < -0.3 is 23.4 Å². The minimum absolute atomic E-state index is 0.0440. The molecule has 0 unspecified atom stereocenters. The van der Waals surface area contributed by atoms with Crippen LogP contribution in [0.5, 0.6) is 5.75 Å². The van der Waals surface area contributed by atoms with Gasteiger partial charge in [0, 0.05) is 35.3 Å². The summed E-state index contributed by atoms with van der Waals surface area (Å²) in [7, 11) is 1.61. The average molecular weight is 529 g/mol. The van der Waals surface area contributed by atoms with Crippen LogP contribution in [-0.2, 0) is 32.1 Å². The van der Waals surface area contributed by atoms with Crippen LogP contribution in [-0.4, -0.2) is 31.6 Å². The molecule has 0 aliphatic carbocycles. The Bertz CT molecular complexity index is 1120. The number of ether oxygens (including phenoxy) is 3. The predicted molar refractivity (Wildman–Crippen MR) is 148 cm³/mol. The van der Waals surface area contributed by atoms with Gasteiger partial charge in [0.25, 0.3) is 0 Å². The Morgan fingerprint density at radius 2 is 1.63 bits per heavy atom. The largest absolute Gasteiger partial charge is 0.497 e. The maximum absolute atomic E-state index is 13.0. The van der Waals surface area contributed by atoms with E-state index in [4.69, 9.17) is 18.6 Å². The van der Waals surface area contributed by atoms with E-state index in [1.54, 1.807) is 27.9 Å². The van der Waals surface area contributed by atoms with E-state index in [-0.39, 0.29) is 35.8 Å². The highest BCUT2D eigenvalue weighted by molar-refractivity contribution is 5.72. The first-order valence-electron chi connectivity index (χ1n) is 13.5. The van der Waals surface area contributed by atoms with E-state index < -0.39 is 18.1 Å². The van der Waals surface area contributed by atoms with Crippen LogP contribution >= 0.6 is 0 Å². The first kappa shape index (κ1) is 31.3. The van der Waals surface area contributed by atoms with Gasteiger partial charge in [0.15, 0.2) is 5.43 Å². The highest BCUT2D eigenvalue weighted by atomic mass is 16.5. The van der Waals surface area contributed by atoms with E-state index in [2.05, 4.69) is 0 Å². The number of aldehydes is 1. The second kappa shape index (κ2) is 14.3. The van der Waals surface area contributed by atoms with E-state index in [0.717, 1.165) is 17.6 Å². The first-order valence-corrected chi connectivity index (χ1v) is 13.5. The van der Waals surface area contributed by atoms with Crippen LogP contribution in [0.3, 0.4) is 0 Å². The normalized spacial score (nSPS) is 16.1. The minimum Gasteiger partial charge on any atom is -0.497 e. The molecule has 1 aromatic carbocycles. The van der Waals surface area contributed by atoms with Crippen LogP contribution in [0.15, 0.2) is 33.5 Å². The van der Waals surface area contributed by atoms with E-state index in [1.165, 1.54) is 0 Å². The Labute approximate surface area is 226 Å². The summed E-state index contributed by atoms with van der Waals surface area (Å²) in [5.74, 6) is 0.0236. The van der Waals surface area contributed by atoms with E-state index >= 15 is 0 Å². The SMILES string of the molecule is CCc1oc([C@@H](C)[C@@H](OCc2ccc(OC)cc2)[C@H](C)[C@@H](OC(=O)[C@@H](C)CC)[C@@H](C)C=O)c(C)c(=O)c1C. The summed E-state index contributed by atoms with van der Waals surface area (Å²) in [6.07, 6.45) is 0.800. The van der Waals surface area contributed by atoms with Gasteiger partial charge in [-0.05, 0) is 38.0 Å². The summed E-state index contributed by atoms with van der Waals surface area (Å²) < 4.78 is 24.0. The smallest absolute Gasteiger partial charge is 0.308 e. The van der Waals surface area contributed by atoms with Gasteiger partial charge in [-0.25, -0.2) is 0 Å². The maximum Gasteiger partial charge on any atom is 0.308 e. The number of aryl methyl sites for hydroxylation is 1. The Hall–Kier alpha value is -2.93. The van der Waals surface area contributed by atoms with Crippen molar-refractivity contribution in [2.75, 3.05) is 7.11 Å². The minimum atomic E-state index is -0.708. The molecule has 0 bridgehead atoms. The summed E-state index contributed by atoms with van der Waals surface area (Å²) in [6, 6.07) is 7.57. The molecule has 1 heterocycles. The summed E-state index contributed by atoms with van der Waals surface area (Å²) in [5.41, 5.74) is 2.04. The van der Waals surface area contributed by atoms with Crippen molar-refractivity contribution in [2.24, 2.45) is 17.8 Å². The van der Waals surface area contributed by atoms with E-state index in [9.17, 15) is 14.4 Å². The molecule has 0 fully saturated rings. The molecule has 2 rings (SSSR count). The fraction of sp³-hybridized carbons (Fsp3) is 0.581. The zero-order valence-corrected chi connectivity index (χ0v) is 24.3. The zero-order chi connectivity index (χ0) is 28.6. The number of methoxy groups -OCH3 is 1. The zero-order valence-electron chi connectivity index (χ0n) is 24.3. The number of hydrogen-bond donors (Lipinski definition) is 0. The van der Waals surface area contributed by atoms with Crippen LogP contribution in [0.2, 0.25) is 0 Å².